The van der Waals surface area contributed by atoms with Crippen molar-refractivity contribution in [2.45, 2.75) is 12.2 Å². The maximum Gasteiger partial charge on any atom is 0.310 e. The number of hydrogen-bond donors (Lipinski definition) is 1. The Kier molecular flexibility index (Phi) is 3.95. The second-order valence-corrected chi connectivity index (χ2v) is 6.63. The standard InChI is InChI=1S/C18H19FN2O4/c19-11-1-3-12(4-2-11)20-7-9-21(10-8-20)17(22)15-13-5-6-14(25-13)16(15)18(23)24/h1-6,13-16H,7-10H2,(H,23,24)/t13-,14+,15+,16+/m1/s1. The van der Waals surface area contributed by atoms with Crippen LogP contribution in [0.15, 0.2) is 36.4 Å². The molecule has 25 heavy (non-hydrogen) atoms. The van der Waals surface area contributed by atoms with Crippen LogP contribution in [0.1, 0.15) is 0 Å². The fraction of sp³-hybridized carbons (Fsp3) is 0.444. The van der Waals surface area contributed by atoms with Gasteiger partial charge in [0.15, 0.2) is 0 Å². The van der Waals surface area contributed by atoms with E-state index in [4.69, 9.17) is 4.74 Å². The summed E-state index contributed by atoms with van der Waals surface area (Å²) in [6.07, 6.45) is 2.59. The van der Waals surface area contributed by atoms with Crippen LogP contribution in [0.5, 0.6) is 0 Å². The third-order valence-electron chi connectivity index (χ3n) is 5.25. The molecule has 0 radical (unpaired) electrons. The minimum absolute atomic E-state index is 0.150. The minimum Gasteiger partial charge on any atom is -0.481 e. The highest BCUT2D eigenvalue weighted by Crippen LogP contribution is 2.40. The molecule has 3 aliphatic heterocycles. The first-order chi connectivity index (χ1) is 12.0. The summed E-state index contributed by atoms with van der Waals surface area (Å²) in [5.41, 5.74) is 0.920. The van der Waals surface area contributed by atoms with E-state index in [1.165, 1.54) is 12.1 Å². The van der Waals surface area contributed by atoms with E-state index in [0.29, 0.717) is 26.2 Å². The van der Waals surface area contributed by atoms with E-state index in [2.05, 4.69) is 4.90 Å². The summed E-state index contributed by atoms with van der Waals surface area (Å²) in [5.74, 6) is -2.87. The van der Waals surface area contributed by atoms with Crippen LogP contribution in [-0.4, -0.2) is 60.3 Å². The van der Waals surface area contributed by atoms with Crippen LogP contribution in [0.4, 0.5) is 10.1 Å². The first kappa shape index (κ1) is 16.1. The Balaban J connectivity index is 1.42. The fourth-order valence-electron chi connectivity index (χ4n) is 3.94. The highest BCUT2D eigenvalue weighted by Gasteiger charge is 2.54. The highest BCUT2D eigenvalue weighted by molar-refractivity contribution is 5.87. The number of anilines is 1. The number of benzene rings is 1. The first-order valence-electron chi connectivity index (χ1n) is 8.40. The molecule has 3 heterocycles. The SMILES string of the molecule is O=C(O)[C@@H]1[C@@H](C(=O)N2CCN(c3ccc(F)cc3)CC2)[C@H]2C=C[C@@H]1O2. The van der Waals surface area contributed by atoms with Crippen LogP contribution < -0.4 is 4.90 Å². The Morgan fingerprint density at radius 2 is 1.60 bits per heavy atom. The summed E-state index contributed by atoms with van der Waals surface area (Å²) in [6.45, 7) is 2.29. The number of halogens is 1. The van der Waals surface area contributed by atoms with Crippen molar-refractivity contribution in [1.29, 1.82) is 0 Å². The van der Waals surface area contributed by atoms with Crippen LogP contribution in [0, 0.1) is 17.7 Å². The number of hydrogen-bond acceptors (Lipinski definition) is 4. The van der Waals surface area contributed by atoms with Gasteiger partial charge in [-0.2, -0.15) is 0 Å². The molecule has 1 N–H and O–H groups in total. The predicted octanol–water partition coefficient (Wildman–Crippen LogP) is 1.13. The van der Waals surface area contributed by atoms with E-state index in [9.17, 15) is 19.1 Å². The van der Waals surface area contributed by atoms with Crippen LogP contribution >= 0.6 is 0 Å². The second-order valence-electron chi connectivity index (χ2n) is 6.63. The lowest BCUT2D eigenvalue weighted by molar-refractivity contribution is -0.149. The summed E-state index contributed by atoms with van der Waals surface area (Å²) in [6, 6.07) is 6.29. The van der Waals surface area contributed by atoms with Crippen LogP contribution in [0.2, 0.25) is 0 Å². The molecule has 0 aliphatic carbocycles. The summed E-state index contributed by atoms with van der Waals surface area (Å²) >= 11 is 0. The Morgan fingerprint density at radius 3 is 2.20 bits per heavy atom. The van der Waals surface area contributed by atoms with E-state index < -0.39 is 30.0 Å². The van der Waals surface area contributed by atoms with Crippen molar-refractivity contribution in [3.8, 4) is 0 Å². The molecule has 1 aromatic carbocycles. The van der Waals surface area contributed by atoms with Crippen molar-refractivity contribution in [2.24, 2.45) is 11.8 Å². The zero-order chi connectivity index (χ0) is 17.6. The molecule has 2 bridgehead atoms. The number of fused-ring (bicyclic) bond motifs is 2. The average Bonchev–Trinajstić information content (AvgIpc) is 3.23. The monoisotopic (exact) mass is 346 g/mol. The second kappa shape index (κ2) is 6.15. The summed E-state index contributed by atoms with van der Waals surface area (Å²) in [7, 11) is 0. The first-order valence-corrected chi connectivity index (χ1v) is 8.40. The van der Waals surface area contributed by atoms with Crippen LogP contribution in [-0.2, 0) is 14.3 Å². The van der Waals surface area contributed by atoms with Crippen molar-refractivity contribution >= 4 is 17.6 Å². The zero-order valence-electron chi connectivity index (χ0n) is 13.5. The van der Waals surface area contributed by atoms with Gasteiger partial charge in [-0.25, -0.2) is 4.39 Å². The van der Waals surface area contributed by atoms with Gasteiger partial charge < -0.3 is 19.6 Å². The number of aliphatic carboxylic acids is 1. The van der Waals surface area contributed by atoms with E-state index in [1.807, 2.05) is 0 Å². The molecule has 132 valence electrons. The van der Waals surface area contributed by atoms with Gasteiger partial charge in [-0.3, -0.25) is 9.59 Å². The molecule has 2 fully saturated rings. The van der Waals surface area contributed by atoms with Crippen molar-refractivity contribution in [3.63, 3.8) is 0 Å². The molecule has 0 spiro atoms. The molecule has 1 amide bonds. The lowest BCUT2D eigenvalue weighted by atomic mass is 9.82. The molecule has 4 rings (SSSR count). The molecule has 1 aromatic rings. The third-order valence-corrected chi connectivity index (χ3v) is 5.25. The number of nitrogens with zero attached hydrogens (tertiary/aromatic N) is 2. The van der Waals surface area contributed by atoms with E-state index in [1.54, 1.807) is 29.2 Å². The summed E-state index contributed by atoms with van der Waals surface area (Å²) in [5, 5.41) is 9.44. The summed E-state index contributed by atoms with van der Waals surface area (Å²) < 4.78 is 18.6. The molecule has 0 unspecified atom stereocenters. The molecule has 6 nitrogen and oxygen atoms in total. The highest BCUT2D eigenvalue weighted by atomic mass is 19.1. The maximum atomic E-state index is 13.0. The van der Waals surface area contributed by atoms with Crippen LogP contribution in [0.25, 0.3) is 0 Å². The van der Waals surface area contributed by atoms with E-state index in [0.717, 1.165) is 5.69 Å². The van der Waals surface area contributed by atoms with Crippen molar-refractivity contribution in [1.82, 2.24) is 4.90 Å². The lowest BCUT2D eigenvalue weighted by Crippen LogP contribution is -2.53. The Morgan fingerprint density at radius 1 is 1.00 bits per heavy atom. The van der Waals surface area contributed by atoms with Gasteiger partial charge in [0.2, 0.25) is 5.91 Å². The molecule has 3 aliphatic rings. The Hall–Kier alpha value is -2.41. The lowest BCUT2D eigenvalue weighted by Gasteiger charge is -2.38. The molecule has 0 aromatic heterocycles. The fourth-order valence-corrected chi connectivity index (χ4v) is 3.94. The molecular formula is C18H19FN2O4. The normalized spacial score (nSPS) is 30.8. The molecule has 4 atom stereocenters. The van der Waals surface area contributed by atoms with Gasteiger partial charge in [0, 0.05) is 31.9 Å². The topological polar surface area (TPSA) is 70.1 Å². The minimum atomic E-state index is -0.986. The van der Waals surface area contributed by atoms with Crippen LogP contribution in [0.3, 0.4) is 0 Å². The van der Waals surface area contributed by atoms with Gasteiger partial charge >= 0.3 is 5.97 Å². The Bertz CT molecular complexity index is 712. The number of amides is 1. The van der Waals surface area contributed by atoms with E-state index >= 15 is 0 Å². The van der Waals surface area contributed by atoms with Crippen molar-refractivity contribution in [3.05, 3.63) is 42.2 Å². The van der Waals surface area contributed by atoms with Gasteiger partial charge in [-0.15, -0.1) is 0 Å². The van der Waals surface area contributed by atoms with E-state index in [-0.39, 0.29) is 11.7 Å². The number of rotatable bonds is 3. The number of ether oxygens (including phenoxy) is 1. The number of carbonyl (C=O) groups is 2. The van der Waals surface area contributed by atoms with Gasteiger partial charge in [0.25, 0.3) is 0 Å². The number of carbonyl (C=O) groups excluding carboxylic acids is 1. The number of carboxylic acids is 1. The van der Waals surface area contributed by atoms with Gasteiger partial charge in [-0.1, -0.05) is 12.2 Å². The average molecular weight is 346 g/mol. The van der Waals surface area contributed by atoms with Gasteiger partial charge in [-0.05, 0) is 24.3 Å². The smallest absolute Gasteiger partial charge is 0.310 e. The van der Waals surface area contributed by atoms with Gasteiger partial charge in [0.05, 0.1) is 18.1 Å². The van der Waals surface area contributed by atoms with Crippen molar-refractivity contribution in [2.75, 3.05) is 31.1 Å². The Labute approximate surface area is 144 Å². The number of piperazine rings is 1. The molecule has 2 saturated heterocycles. The van der Waals surface area contributed by atoms with Gasteiger partial charge in [0.1, 0.15) is 11.7 Å². The predicted molar refractivity (Wildman–Crippen MR) is 87.6 cm³/mol. The molecular weight excluding hydrogens is 327 g/mol. The maximum absolute atomic E-state index is 13.0. The largest absolute Gasteiger partial charge is 0.481 e. The quantitative estimate of drug-likeness (QED) is 0.831. The molecule has 0 saturated carbocycles. The number of carboxylic acid groups (broad SMARTS) is 1. The molecule has 7 heteroatoms. The van der Waals surface area contributed by atoms with Crippen molar-refractivity contribution < 1.29 is 23.8 Å². The summed E-state index contributed by atoms with van der Waals surface area (Å²) in [4.78, 5) is 28.2. The zero-order valence-corrected chi connectivity index (χ0v) is 13.5. The third kappa shape index (κ3) is 2.78.